The summed E-state index contributed by atoms with van der Waals surface area (Å²) >= 11 is 0. The lowest BCUT2D eigenvalue weighted by atomic mass is 10.1. The van der Waals surface area contributed by atoms with E-state index in [1.54, 1.807) is 0 Å². The van der Waals surface area contributed by atoms with Crippen molar-refractivity contribution in [3.63, 3.8) is 0 Å². The molecule has 0 saturated carbocycles. The number of rotatable bonds is 5. The van der Waals surface area contributed by atoms with Crippen LogP contribution >= 0.6 is 0 Å². The maximum absolute atomic E-state index is 12.0. The molecule has 2 rings (SSSR count). The number of benzene rings is 1. The highest BCUT2D eigenvalue weighted by molar-refractivity contribution is 5.85. The first-order valence-electron chi connectivity index (χ1n) is 6.99. The number of ether oxygens (including phenoxy) is 1. The summed E-state index contributed by atoms with van der Waals surface area (Å²) in [5.41, 5.74) is 1.77. The Labute approximate surface area is 123 Å². The molecule has 5 nitrogen and oxygen atoms in total. The van der Waals surface area contributed by atoms with Gasteiger partial charge in [0.15, 0.2) is 0 Å². The minimum Gasteiger partial charge on any atom is -0.478 e. The molecule has 1 aromatic carbocycles. The second kappa shape index (κ2) is 7.04. The molecule has 1 aromatic rings. The van der Waals surface area contributed by atoms with Crippen molar-refractivity contribution >= 4 is 18.0 Å². The normalized spacial score (nSPS) is 19.6. The number of carbonyl (C=O) groups excluding carboxylic acids is 1. The zero-order valence-corrected chi connectivity index (χ0v) is 11.9. The van der Waals surface area contributed by atoms with E-state index in [0.29, 0.717) is 6.61 Å². The molecular weight excluding hydrogens is 270 g/mol. The van der Waals surface area contributed by atoms with Gasteiger partial charge in [-0.15, -0.1) is 0 Å². The van der Waals surface area contributed by atoms with Gasteiger partial charge in [-0.05, 0) is 37.0 Å². The van der Waals surface area contributed by atoms with Crippen molar-refractivity contribution in [2.45, 2.75) is 31.9 Å². The van der Waals surface area contributed by atoms with E-state index in [4.69, 9.17) is 9.84 Å². The van der Waals surface area contributed by atoms with Gasteiger partial charge in [-0.1, -0.05) is 24.3 Å². The summed E-state index contributed by atoms with van der Waals surface area (Å²) < 4.78 is 5.35. The highest BCUT2D eigenvalue weighted by Gasteiger charge is 2.24. The van der Waals surface area contributed by atoms with E-state index in [0.717, 1.165) is 30.0 Å². The molecule has 2 atom stereocenters. The van der Waals surface area contributed by atoms with Crippen LogP contribution in [0.25, 0.3) is 6.08 Å². The molecule has 2 N–H and O–H groups in total. The highest BCUT2D eigenvalue weighted by Crippen LogP contribution is 2.17. The Hall–Kier alpha value is -2.14. The van der Waals surface area contributed by atoms with Crippen molar-refractivity contribution in [3.05, 3.63) is 41.5 Å². The third-order valence-electron chi connectivity index (χ3n) is 3.44. The number of carboxylic acids is 1. The molecule has 21 heavy (non-hydrogen) atoms. The standard InChI is InChI=1S/C16H19NO4/c1-11(17-16(20)14-3-2-10-21-14)13-7-4-12(5-8-13)6-9-15(18)19/h4-9,11,14H,2-3,10H2,1H3,(H,17,20)(H,18,19). The average molecular weight is 289 g/mol. The molecule has 1 saturated heterocycles. The van der Waals surface area contributed by atoms with Gasteiger partial charge in [0.2, 0.25) is 5.91 Å². The Morgan fingerprint density at radius 1 is 1.38 bits per heavy atom. The Kier molecular flexibility index (Phi) is 5.11. The zero-order chi connectivity index (χ0) is 15.2. The van der Waals surface area contributed by atoms with Crippen LogP contribution in [0.1, 0.15) is 36.9 Å². The first-order chi connectivity index (χ1) is 10.1. The van der Waals surface area contributed by atoms with E-state index in [1.807, 2.05) is 31.2 Å². The Bertz CT molecular complexity index is 530. The van der Waals surface area contributed by atoms with Gasteiger partial charge in [0, 0.05) is 12.7 Å². The monoisotopic (exact) mass is 289 g/mol. The van der Waals surface area contributed by atoms with E-state index in [-0.39, 0.29) is 18.1 Å². The van der Waals surface area contributed by atoms with Crippen molar-refractivity contribution in [1.82, 2.24) is 5.32 Å². The number of amides is 1. The van der Waals surface area contributed by atoms with E-state index >= 15 is 0 Å². The van der Waals surface area contributed by atoms with Gasteiger partial charge in [0.1, 0.15) is 6.10 Å². The molecule has 1 aliphatic rings. The van der Waals surface area contributed by atoms with Crippen LogP contribution in [0.15, 0.2) is 30.3 Å². The second-order valence-corrected chi connectivity index (χ2v) is 5.07. The SMILES string of the molecule is CC(NC(=O)C1CCCO1)c1ccc(C=CC(=O)O)cc1. The lowest BCUT2D eigenvalue weighted by Gasteiger charge is -2.17. The number of aliphatic carboxylic acids is 1. The smallest absolute Gasteiger partial charge is 0.328 e. The summed E-state index contributed by atoms with van der Waals surface area (Å²) in [6, 6.07) is 7.29. The van der Waals surface area contributed by atoms with Crippen molar-refractivity contribution in [2.24, 2.45) is 0 Å². The molecule has 0 radical (unpaired) electrons. The van der Waals surface area contributed by atoms with Crippen LogP contribution < -0.4 is 5.32 Å². The minimum atomic E-state index is -0.976. The molecule has 0 spiro atoms. The van der Waals surface area contributed by atoms with Gasteiger partial charge in [-0.3, -0.25) is 4.79 Å². The molecule has 1 fully saturated rings. The minimum absolute atomic E-state index is 0.0742. The molecular formula is C16H19NO4. The number of hydrogen-bond acceptors (Lipinski definition) is 3. The number of carboxylic acid groups (broad SMARTS) is 1. The predicted molar refractivity (Wildman–Crippen MR) is 78.6 cm³/mol. The lowest BCUT2D eigenvalue weighted by molar-refractivity contribution is -0.131. The van der Waals surface area contributed by atoms with Gasteiger partial charge in [-0.2, -0.15) is 0 Å². The van der Waals surface area contributed by atoms with E-state index in [9.17, 15) is 9.59 Å². The van der Waals surface area contributed by atoms with Crippen LogP contribution in [-0.2, 0) is 14.3 Å². The fourth-order valence-electron chi connectivity index (χ4n) is 2.24. The summed E-state index contributed by atoms with van der Waals surface area (Å²) in [6.45, 7) is 2.56. The van der Waals surface area contributed by atoms with Crippen LogP contribution in [0.4, 0.5) is 0 Å². The maximum atomic E-state index is 12.0. The first-order valence-corrected chi connectivity index (χ1v) is 6.99. The van der Waals surface area contributed by atoms with Crippen LogP contribution in [0, 0.1) is 0 Å². The van der Waals surface area contributed by atoms with Crippen LogP contribution in [0.3, 0.4) is 0 Å². The Balaban J connectivity index is 1.94. The molecule has 1 heterocycles. The summed E-state index contributed by atoms with van der Waals surface area (Å²) in [5.74, 6) is -1.05. The second-order valence-electron chi connectivity index (χ2n) is 5.07. The molecule has 0 aromatic heterocycles. The third-order valence-corrected chi connectivity index (χ3v) is 3.44. The molecule has 1 amide bonds. The highest BCUT2D eigenvalue weighted by atomic mass is 16.5. The summed E-state index contributed by atoms with van der Waals surface area (Å²) in [4.78, 5) is 22.4. The summed E-state index contributed by atoms with van der Waals surface area (Å²) in [5, 5.41) is 11.5. The van der Waals surface area contributed by atoms with Crippen molar-refractivity contribution in [1.29, 1.82) is 0 Å². The maximum Gasteiger partial charge on any atom is 0.328 e. The Morgan fingerprint density at radius 2 is 2.10 bits per heavy atom. The average Bonchev–Trinajstić information content (AvgIpc) is 3.00. The van der Waals surface area contributed by atoms with Gasteiger partial charge in [0.05, 0.1) is 6.04 Å². The van der Waals surface area contributed by atoms with E-state index in [2.05, 4.69) is 5.32 Å². The number of nitrogens with one attached hydrogen (secondary N) is 1. The van der Waals surface area contributed by atoms with Gasteiger partial charge < -0.3 is 15.2 Å². The number of hydrogen-bond donors (Lipinski definition) is 2. The fourth-order valence-corrected chi connectivity index (χ4v) is 2.24. The topological polar surface area (TPSA) is 75.6 Å². The Morgan fingerprint density at radius 3 is 2.67 bits per heavy atom. The first kappa shape index (κ1) is 15.3. The quantitative estimate of drug-likeness (QED) is 0.814. The van der Waals surface area contributed by atoms with Crippen LogP contribution in [0.5, 0.6) is 0 Å². The van der Waals surface area contributed by atoms with E-state index < -0.39 is 5.97 Å². The van der Waals surface area contributed by atoms with E-state index in [1.165, 1.54) is 6.08 Å². The van der Waals surface area contributed by atoms with Crippen molar-refractivity contribution in [3.8, 4) is 0 Å². The van der Waals surface area contributed by atoms with Gasteiger partial charge in [-0.25, -0.2) is 4.79 Å². The van der Waals surface area contributed by atoms with Gasteiger partial charge >= 0.3 is 5.97 Å². The van der Waals surface area contributed by atoms with Crippen LogP contribution in [0.2, 0.25) is 0 Å². The van der Waals surface area contributed by atoms with Crippen molar-refractivity contribution in [2.75, 3.05) is 6.61 Å². The molecule has 0 bridgehead atoms. The summed E-state index contributed by atoms with van der Waals surface area (Å²) in [7, 11) is 0. The van der Waals surface area contributed by atoms with Gasteiger partial charge in [0.25, 0.3) is 0 Å². The number of carbonyl (C=O) groups is 2. The molecule has 5 heteroatoms. The van der Waals surface area contributed by atoms with Crippen molar-refractivity contribution < 1.29 is 19.4 Å². The fraction of sp³-hybridized carbons (Fsp3) is 0.375. The van der Waals surface area contributed by atoms with Crippen LogP contribution in [-0.4, -0.2) is 29.7 Å². The lowest BCUT2D eigenvalue weighted by Crippen LogP contribution is -2.35. The largest absolute Gasteiger partial charge is 0.478 e. The third kappa shape index (κ3) is 4.43. The predicted octanol–water partition coefficient (Wildman–Crippen LogP) is 2.14. The zero-order valence-electron chi connectivity index (χ0n) is 11.9. The summed E-state index contributed by atoms with van der Waals surface area (Å²) in [6.07, 6.45) is 4.00. The molecule has 1 aliphatic heterocycles. The molecule has 2 unspecified atom stereocenters. The molecule has 112 valence electrons. The molecule has 0 aliphatic carbocycles.